The van der Waals surface area contributed by atoms with Crippen LogP contribution in [-0.4, -0.2) is 33.4 Å². The minimum atomic E-state index is -0.473. The Morgan fingerprint density at radius 2 is 1.76 bits per heavy atom. The van der Waals surface area contributed by atoms with Crippen LogP contribution in [0.1, 0.15) is 37.7 Å². The number of benzene rings is 1. The monoisotopic (exact) mass is 292 g/mol. The van der Waals surface area contributed by atoms with E-state index in [1.54, 1.807) is 14.2 Å². The van der Waals surface area contributed by atoms with E-state index in [4.69, 9.17) is 14.2 Å². The van der Waals surface area contributed by atoms with E-state index in [1.807, 2.05) is 24.3 Å². The highest BCUT2D eigenvalue weighted by molar-refractivity contribution is 5.83. The molecule has 0 aliphatic heterocycles. The van der Waals surface area contributed by atoms with E-state index < -0.39 is 5.41 Å². The smallest absolute Gasteiger partial charge is 0.316 e. The van der Waals surface area contributed by atoms with Crippen LogP contribution >= 0.6 is 0 Å². The van der Waals surface area contributed by atoms with E-state index in [-0.39, 0.29) is 5.97 Å². The Hall–Kier alpha value is -1.55. The molecule has 1 saturated carbocycles. The maximum Gasteiger partial charge on any atom is 0.316 e. The van der Waals surface area contributed by atoms with Gasteiger partial charge in [-0.2, -0.15) is 0 Å². The summed E-state index contributed by atoms with van der Waals surface area (Å²) in [4.78, 5) is 12.6. The molecule has 21 heavy (non-hydrogen) atoms. The zero-order chi connectivity index (χ0) is 15.1. The van der Waals surface area contributed by atoms with E-state index >= 15 is 0 Å². The Morgan fingerprint density at radius 1 is 1.10 bits per heavy atom. The molecule has 4 heteroatoms. The fourth-order valence-corrected chi connectivity index (χ4v) is 3.01. The number of esters is 1. The normalized spacial score (nSPS) is 16.7. The molecule has 0 bridgehead atoms. The Bertz CT molecular complexity index is 446. The number of hydrogen-bond acceptors (Lipinski definition) is 4. The summed E-state index contributed by atoms with van der Waals surface area (Å²) in [7, 11) is 3.29. The van der Waals surface area contributed by atoms with Gasteiger partial charge in [0.2, 0.25) is 0 Å². The highest BCUT2D eigenvalue weighted by Gasteiger charge is 2.44. The minimum absolute atomic E-state index is 0.0960. The number of hydrogen-bond donors (Lipinski definition) is 0. The number of rotatable bonds is 7. The lowest BCUT2D eigenvalue weighted by Crippen LogP contribution is -2.35. The van der Waals surface area contributed by atoms with Crippen LogP contribution in [0.15, 0.2) is 24.3 Å². The molecule has 116 valence electrons. The lowest BCUT2D eigenvalue weighted by atomic mass is 9.79. The number of ether oxygens (including phenoxy) is 3. The first kappa shape index (κ1) is 15.8. The van der Waals surface area contributed by atoms with Crippen molar-refractivity contribution >= 4 is 5.97 Å². The molecule has 2 rings (SSSR count). The summed E-state index contributed by atoms with van der Waals surface area (Å²) in [5.74, 6) is 0.710. The summed E-state index contributed by atoms with van der Waals surface area (Å²) >= 11 is 0. The van der Waals surface area contributed by atoms with Gasteiger partial charge in [0.15, 0.2) is 0 Å². The van der Waals surface area contributed by atoms with Crippen LogP contribution < -0.4 is 4.74 Å². The van der Waals surface area contributed by atoms with Gasteiger partial charge in [0.25, 0.3) is 0 Å². The van der Waals surface area contributed by atoms with Crippen LogP contribution in [0.3, 0.4) is 0 Å². The maximum absolute atomic E-state index is 12.6. The van der Waals surface area contributed by atoms with Crippen molar-refractivity contribution in [1.82, 2.24) is 0 Å². The van der Waals surface area contributed by atoms with Crippen LogP contribution in [-0.2, 0) is 19.7 Å². The Labute approximate surface area is 126 Å². The standard InChI is InChI=1S/C17H24O4/c1-19-12-5-13-21-16(18)17(10-3-4-11-17)14-6-8-15(20-2)9-7-14/h6-9H,3-5,10-13H2,1-2H3. The van der Waals surface area contributed by atoms with Gasteiger partial charge in [0, 0.05) is 20.1 Å². The van der Waals surface area contributed by atoms with Gasteiger partial charge in [-0.1, -0.05) is 25.0 Å². The second-order valence-corrected chi connectivity index (χ2v) is 5.50. The minimum Gasteiger partial charge on any atom is -0.497 e. The molecule has 4 nitrogen and oxygen atoms in total. The molecule has 1 fully saturated rings. The second-order valence-electron chi connectivity index (χ2n) is 5.50. The first-order chi connectivity index (χ1) is 10.2. The van der Waals surface area contributed by atoms with Gasteiger partial charge in [0.1, 0.15) is 5.75 Å². The van der Waals surface area contributed by atoms with Gasteiger partial charge in [-0.15, -0.1) is 0 Å². The molecule has 0 atom stereocenters. The van der Waals surface area contributed by atoms with Gasteiger partial charge in [-0.25, -0.2) is 0 Å². The molecule has 0 N–H and O–H groups in total. The highest BCUT2D eigenvalue weighted by Crippen LogP contribution is 2.42. The SMILES string of the molecule is COCCCOC(=O)C1(c2ccc(OC)cc2)CCCC1. The summed E-state index contributed by atoms with van der Waals surface area (Å²) in [5, 5.41) is 0. The quantitative estimate of drug-likeness (QED) is 0.572. The van der Waals surface area contributed by atoms with Crippen molar-refractivity contribution in [1.29, 1.82) is 0 Å². The molecule has 1 aromatic rings. The molecule has 0 spiro atoms. The highest BCUT2D eigenvalue weighted by atomic mass is 16.5. The van der Waals surface area contributed by atoms with E-state index in [0.29, 0.717) is 13.2 Å². The Kier molecular flexibility index (Phi) is 5.62. The maximum atomic E-state index is 12.6. The van der Waals surface area contributed by atoms with E-state index in [1.165, 1.54) is 0 Å². The van der Waals surface area contributed by atoms with E-state index in [2.05, 4.69) is 0 Å². The molecule has 0 heterocycles. The fourth-order valence-electron chi connectivity index (χ4n) is 3.01. The molecule has 1 aromatic carbocycles. The van der Waals surface area contributed by atoms with Gasteiger partial charge >= 0.3 is 5.97 Å². The number of carbonyl (C=O) groups excluding carboxylic acids is 1. The van der Waals surface area contributed by atoms with Crippen LogP contribution in [0.2, 0.25) is 0 Å². The van der Waals surface area contributed by atoms with Gasteiger partial charge in [0.05, 0.1) is 19.1 Å². The zero-order valence-electron chi connectivity index (χ0n) is 12.9. The van der Waals surface area contributed by atoms with Gasteiger partial charge < -0.3 is 14.2 Å². The predicted octanol–water partition coefficient (Wildman–Crippen LogP) is 3.09. The van der Waals surface area contributed by atoms with Crippen molar-refractivity contribution in [2.24, 2.45) is 0 Å². The molecule has 0 radical (unpaired) electrons. The summed E-state index contributed by atoms with van der Waals surface area (Å²) in [6.07, 6.45) is 4.60. The van der Waals surface area contributed by atoms with Crippen molar-refractivity contribution in [3.05, 3.63) is 29.8 Å². The van der Waals surface area contributed by atoms with Crippen molar-refractivity contribution in [3.63, 3.8) is 0 Å². The third kappa shape index (κ3) is 3.56. The second kappa shape index (κ2) is 7.46. The molecule has 0 saturated heterocycles. The molecule has 1 aliphatic rings. The lowest BCUT2D eigenvalue weighted by Gasteiger charge is -2.27. The average molecular weight is 292 g/mol. The molecule has 0 amide bonds. The van der Waals surface area contributed by atoms with E-state index in [9.17, 15) is 4.79 Å². The van der Waals surface area contributed by atoms with Crippen LogP contribution in [0, 0.1) is 0 Å². The largest absolute Gasteiger partial charge is 0.497 e. The first-order valence-electron chi connectivity index (χ1n) is 7.53. The van der Waals surface area contributed by atoms with Crippen LogP contribution in [0.5, 0.6) is 5.75 Å². The average Bonchev–Trinajstić information content (AvgIpc) is 3.02. The summed E-state index contributed by atoms with van der Waals surface area (Å²) < 4.78 is 15.7. The van der Waals surface area contributed by atoms with Gasteiger partial charge in [-0.05, 0) is 30.5 Å². The van der Waals surface area contributed by atoms with Crippen molar-refractivity contribution < 1.29 is 19.0 Å². The first-order valence-corrected chi connectivity index (χ1v) is 7.53. The summed E-state index contributed by atoms with van der Waals surface area (Å²) in [5.41, 5.74) is 0.567. The molecular weight excluding hydrogens is 268 g/mol. The molecule has 0 unspecified atom stereocenters. The van der Waals surface area contributed by atoms with Crippen molar-refractivity contribution in [2.45, 2.75) is 37.5 Å². The lowest BCUT2D eigenvalue weighted by molar-refractivity contribution is -0.151. The topological polar surface area (TPSA) is 44.8 Å². The van der Waals surface area contributed by atoms with Crippen molar-refractivity contribution in [2.75, 3.05) is 27.4 Å². The molecule has 1 aliphatic carbocycles. The summed E-state index contributed by atoms with van der Waals surface area (Å²) in [6.45, 7) is 1.04. The predicted molar refractivity (Wildman–Crippen MR) is 80.6 cm³/mol. The van der Waals surface area contributed by atoms with Crippen molar-refractivity contribution in [3.8, 4) is 5.75 Å². The van der Waals surface area contributed by atoms with Gasteiger partial charge in [-0.3, -0.25) is 4.79 Å². The zero-order valence-corrected chi connectivity index (χ0v) is 12.9. The number of carbonyl (C=O) groups is 1. The van der Waals surface area contributed by atoms with Crippen LogP contribution in [0.25, 0.3) is 0 Å². The molecule has 0 aromatic heterocycles. The third-order valence-electron chi connectivity index (χ3n) is 4.22. The Balaban J connectivity index is 2.09. The number of methoxy groups -OCH3 is 2. The third-order valence-corrected chi connectivity index (χ3v) is 4.22. The molecular formula is C17H24O4. The summed E-state index contributed by atoms with van der Waals surface area (Å²) in [6, 6.07) is 7.79. The van der Waals surface area contributed by atoms with E-state index in [0.717, 1.165) is 43.4 Å². The Morgan fingerprint density at radius 3 is 2.33 bits per heavy atom. The van der Waals surface area contributed by atoms with Crippen LogP contribution in [0.4, 0.5) is 0 Å². The fraction of sp³-hybridized carbons (Fsp3) is 0.588.